The zero-order valence-corrected chi connectivity index (χ0v) is 13.4. The summed E-state index contributed by atoms with van der Waals surface area (Å²) in [5, 5.41) is 0. The van der Waals surface area contributed by atoms with Crippen LogP contribution in [-0.2, 0) is 9.47 Å². The minimum atomic E-state index is -0.114. The van der Waals surface area contributed by atoms with E-state index in [-0.39, 0.29) is 11.8 Å². The topological polar surface area (TPSA) is 21.7 Å². The molecule has 3 atom stereocenters. The van der Waals surface area contributed by atoms with Gasteiger partial charge in [0.1, 0.15) is 5.72 Å². The van der Waals surface area contributed by atoms with E-state index in [0.29, 0.717) is 12.0 Å². The fourth-order valence-corrected chi connectivity index (χ4v) is 4.17. The molecule has 0 bridgehead atoms. The van der Waals surface area contributed by atoms with Crippen molar-refractivity contribution in [3.8, 4) is 0 Å². The van der Waals surface area contributed by atoms with Gasteiger partial charge in [-0.05, 0) is 44.9 Å². The molecule has 0 aromatic carbocycles. The smallest absolute Gasteiger partial charge is 0.116 e. The molecule has 1 aliphatic carbocycles. The predicted molar refractivity (Wildman–Crippen MR) is 80.6 cm³/mol. The number of rotatable bonds is 3. The maximum absolute atomic E-state index is 6.34. The summed E-state index contributed by atoms with van der Waals surface area (Å²) in [6, 6.07) is 0. The molecule has 3 nitrogen and oxygen atoms in total. The highest BCUT2D eigenvalue weighted by molar-refractivity contribution is 4.91. The van der Waals surface area contributed by atoms with Crippen LogP contribution in [0.15, 0.2) is 0 Å². The molecule has 3 fully saturated rings. The summed E-state index contributed by atoms with van der Waals surface area (Å²) in [4.78, 5) is 2.57. The van der Waals surface area contributed by atoms with E-state index in [1.807, 2.05) is 0 Å². The molecule has 3 rings (SSSR count). The number of nitrogens with zero attached hydrogens (tertiary/aromatic N) is 1. The van der Waals surface area contributed by atoms with E-state index < -0.39 is 0 Å². The first kappa shape index (κ1) is 14.8. The first-order valence-electron chi connectivity index (χ1n) is 8.59. The monoisotopic (exact) mass is 281 g/mol. The molecule has 2 aliphatic heterocycles. The quantitative estimate of drug-likeness (QED) is 0.791. The highest BCUT2D eigenvalue weighted by Gasteiger charge is 2.45. The van der Waals surface area contributed by atoms with Crippen LogP contribution in [0, 0.1) is 11.8 Å². The SMILES string of the molecule is CC1COC(C2CN(CC3CCCCC3)C(C)(C)O2)C1. The van der Waals surface area contributed by atoms with Gasteiger partial charge in [-0.1, -0.05) is 26.2 Å². The summed E-state index contributed by atoms with van der Waals surface area (Å²) in [6.07, 6.45) is 8.87. The Kier molecular flexibility index (Phi) is 4.40. The van der Waals surface area contributed by atoms with E-state index in [1.54, 1.807) is 0 Å². The third-order valence-electron chi connectivity index (χ3n) is 5.45. The molecule has 0 aromatic heterocycles. The molecule has 116 valence electrons. The van der Waals surface area contributed by atoms with Gasteiger partial charge in [0.15, 0.2) is 0 Å². The normalized spacial score (nSPS) is 39.5. The first-order valence-corrected chi connectivity index (χ1v) is 8.59. The summed E-state index contributed by atoms with van der Waals surface area (Å²) >= 11 is 0. The molecule has 1 saturated carbocycles. The summed E-state index contributed by atoms with van der Waals surface area (Å²) < 4.78 is 12.3. The van der Waals surface area contributed by atoms with Crippen LogP contribution in [0.5, 0.6) is 0 Å². The predicted octanol–water partition coefficient (Wildman–Crippen LogP) is 3.43. The number of hydrogen-bond acceptors (Lipinski definition) is 3. The molecule has 0 amide bonds. The molecular formula is C17H31NO2. The number of hydrogen-bond donors (Lipinski definition) is 0. The van der Waals surface area contributed by atoms with Gasteiger partial charge in [0.2, 0.25) is 0 Å². The summed E-state index contributed by atoms with van der Waals surface area (Å²) in [6.45, 7) is 9.92. The van der Waals surface area contributed by atoms with Crippen LogP contribution in [0.4, 0.5) is 0 Å². The van der Waals surface area contributed by atoms with Gasteiger partial charge in [-0.2, -0.15) is 0 Å². The zero-order valence-electron chi connectivity index (χ0n) is 13.4. The average molecular weight is 281 g/mol. The second-order valence-electron chi connectivity index (χ2n) is 7.72. The van der Waals surface area contributed by atoms with Crippen molar-refractivity contribution < 1.29 is 9.47 Å². The lowest BCUT2D eigenvalue weighted by atomic mass is 9.88. The van der Waals surface area contributed by atoms with E-state index in [0.717, 1.165) is 25.5 Å². The molecule has 2 heterocycles. The Hall–Kier alpha value is -0.120. The van der Waals surface area contributed by atoms with Crippen LogP contribution in [-0.4, -0.2) is 42.5 Å². The van der Waals surface area contributed by atoms with E-state index in [9.17, 15) is 0 Å². The van der Waals surface area contributed by atoms with Gasteiger partial charge in [-0.25, -0.2) is 0 Å². The van der Waals surface area contributed by atoms with Crippen molar-refractivity contribution in [1.82, 2.24) is 4.90 Å². The van der Waals surface area contributed by atoms with E-state index >= 15 is 0 Å². The first-order chi connectivity index (χ1) is 9.54. The largest absolute Gasteiger partial charge is 0.375 e. The van der Waals surface area contributed by atoms with Crippen LogP contribution in [0.1, 0.15) is 59.3 Å². The standard InChI is InChI=1S/C17H31NO2/c1-13-9-15(19-12-13)16-11-18(17(2,3)20-16)10-14-7-5-4-6-8-14/h13-16H,4-12H2,1-3H3. The minimum absolute atomic E-state index is 0.114. The van der Waals surface area contributed by atoms with Crippen molar-refractivity contribution >= 4 is 0 Å². The Morgan fingerprint density at radius 3 is 2.50 bits per heavy atom. The Morgan fingerprint density at radius 1 is 1.10 bits per heavy atom. The van der Waals surface area contributed by atoms with Crippen LogP contribution < -0.4 is 0 Å². The van der Waals surface area contributed by atoms with Crippen molar-refractivity contribution in [1.29, 1.82) is 0 Å². The Labute approximate surface area is 124 Å². The van der Waals surface area contributed by atoms with Gasteiger partial charge in [0.05, 0.1) is 12.2 Å². The third kappa shape index (κ3) is 3.20. The number of ether oxygens (including phenoxy) is 2. The molecular weight excluding hydrogens is 250 g/mol. The highest BCUT2D eigenvalue weighted by atomic mass is 16.6. The molecule has 3 unspecified atom stereocenters. The van der Waals surface area contributed by atoms with Gasteiger partial charge in [-0.15, -0.1) is 0 Å². The molecule has 2 saturated heterocycles. The van der Waals surface area contributed by atoms with Crippen LogP contribution in [0.25, 0.3) is 0 Å². The molecule has 0 radical (unpaired) electrons. The molecule has 20 heavy (non-hydrogen) atoms. The minimum Gasteiger partial charge on any atom is -0.375 e. The summed E-state index contributed by atoms with van der Waals surface area (Å²) in [5.74, 6) is 1.58. The maximum atomic E-state index is 6.34. The van der Waals surface area contributed by atoms with Crippen molar-refractivity contribution in [3.63, 3.8) is 0 Å². The zero-order chi connectivity index (χ0) is 14.2. The lowest BCUT2D eigenvalue weighted by molar-refractivity contribution is -0.109. The van der Waals surface area contributed by atoms with E-state index in [1.165, 1.54) is 38.6 Å². The third-order valence-corrected chi connectivity index (χ3v) is 5.45. The lowest BCUT2D eigenvalue weighted by Crippen LogP contribution is -2.42. The summed E-state index contributed by atoms with van der Waals surface area (Å²) in [7, 11) is 0. The molecule has 3 aliphatic rings. The molecule has 0 spiro atoms. The van der Waals surface area contributed by atoms with Gasteiger partial charge in [0, 0.05) is 19.7 Å². The maximum Gasteiger partial charge on any atom is 0.116 e. The Bertz CT molecular complexity index is 325. The lowest BCUT2D eigenvalue weighted by Gasteiger charge is -2.34. The van der Waals surface area contributed by atoms with Gasteiger partial charge < -0.3 is 9.47 Å². The van der Waals surface area contributed by atoms with Crippen molar-refractivity contribution in [2.24, 2.45) is 11.8 Å². The van der Waals surface area contributed by atoms with E-state index in [2.05, 4.69) is 25.7 Å². The fourth-order valence-electron chi connectivity index (χ4n) is 4.17. The second-order valence-corrected chi connectivity index (χ2v) is 7.72. The Balaban J connectivity index is 1.57. The molecule has 0 N–H and O–H groups in total. The van der Waals surface area contributed by atoms with Crippen LogP contribution >= 0.6 is 0 Å². The van der Waals surface area contributed by atoms with Gasteiger partial charge in [-0.3, -0.25) is 4.90 Å². The fraction of sp³-hybridized carbons (Fsp3) is 1.00. The van der Waals surface area contributed by atoms with Crippen LogP contribution in [0.3, 0.4) is 0 Å². The van der Waals surface area contributed by atoms with Crippen molar-refractivity contribution in [2.75, 3.05) is 19.7 Å². The van der Waals surface area contributed by atoms with E-state index in [4.69, 9.17) is 9.47 Å². The van der Waals surface area contributed by atoms with Gasteiger partial charge >= 0.3 is 0 Å². The van der Waals surface area contributed by atoms with Crippen molar-refractivity contribution in [3.05, 3.63) is 0 Å². The summed E-state index contributed by atoms with van der Waals surface area (Å²) in [5.41, 5.74) is -0.114. The second kappa shape index (κ2) is 5.94. The van der Waals surface area contributed by atoms with Crippen LogP contribution in [0.2, 0.25) is 0 Å². The molecule has 0 aromatic rings. The van der Waals surface area contributed by atoms with Gasteiger partial charge in [0.25, 0.3) is 0 Å². The Morgan fingerprint density at radius 2 is 1.85 bits per heavy atom. The highest BCUT2D eigenvalue weighted by Crippen LogP contribution is 2.35. The van der Waals surface area contributed by atoms with Crippen molar-refractivity contribution in [2.45, 2.75) is 77.2 Å². The average Bonchev–Trinajstić information content (AvgIpc) is 2.95. The molecule has 3 heteroatoms.